The van der Waals surface area contributed by atoms with Crippen LogP contribution in [0.25, 0.3) is 0 Å². The number of amides is 1. The van der Waals surface area contributed by atoms with Gasteiger partial charge in [-0.05, 0) is 42.0 Å². The molecule has 0 fully saturated rings. The van der Waals surface area contributed by atoms with Crippen molar-refractivity contribution in [2.75, 3.05) is 19.0 Å². The third kappa shape index (κ3) is 3.64. The van der Waals surface area contributed by atoms with Gasteiger partial charge in [-0.2, -0.15) is 23.3 Å². The van der Waals surface area contributed by atoms with Crippen molar-refractivity contribution in [2.24, 2.45) is 5.10 Å². The van der Waals surface area contributed by atoms with Crippen LogP contribution >= 0.6 is 15.9 Å². The number of carbonyl (C=O) groups excluding carboxylic acids is 1. The molecule has 0 bridgehead atoms. The van der Waals surface area contributed by atoms with Gasteiger partial charge in [0.2, 0.25) is 0 Å². The van der Waals surface area contributed by atoms with E-state index in [4.69, 9.17) is 0 Å². The quantitative estimate of drug-likeness (QED) is 0.760. The summed E-state index contributed by atoms with van der Waals surface area (Å²) < 4.78 is 41.7. The highest BCUT2D eigenvalue weighted by Crippen LogP contribution is 2.42. The van der Waals surface area contributed by atoms with Gasteiger partial charge in [0.15, 0.2) is 0 Å². The number of hydrogen-bond donors (Lipinski definition) is 1. The zero-order valence-electron chi connectivity index (χ0n) is 15.0. The van der Waals surface area contributed by atoms with Crippen molar-refractivity contribution < 1.29 is 23.1 Å². The average Bonchev–Trinajstić information content (AvgIpc) is 3.00. The topological polar surface area (TPSA) is 56.1 Å². The van der Waals surface area contributed by atoms with E-state index in [1.165, 1.54) is 12.1 Å². The maximum absolute atomic E-state index is 13.7. The molecule has 1 N–H and O–H groups in total. The SMILES string of the molecule is CN(C)c1ccc(C(=O)N2N=C(c3ccc(Br)cc3)C[C@]2(O)C(F)(F)F)cc1. The zero-order chi connectivity index (χ0) is 20.7. The van der Waals surface area contributed by atoms with E-state index in [1.807, 2.05) is 0 Å². The number of aliphatic hydroxyl groups is 1. The molecule has 0 aromatic heterocycles. The summed E-state index contributed by atoms with van der Waals surface area (Å²) in [5.41, 5.74) is -2.26. The summed E-state index contributed by atoms with van der Waals surface area (Å²) in [6, 6.07) is 12.5. The predicted octanol–water partition coefficient (Wildman–Crippen LogP) is 4.02. The third-order valence-electron chi connectivity index (χ3n) is 4.44. The largest absolute Gasteiger partial charge is 0.438 e. The molecule has 0 radical (unpaired) electrons. The summed E-state index contributed by atoms with van der Waals surface area (Å²) in [7, 11) is 3.60. The lowest BCUT2D eigenvalue weighted by atomic mass is 10.0. The fraction of sp³-hybridized carbons (Fsp3) is 0.263. The maximum Gasteiger partial charge on any atom is 0.438 e. The molecule has 2 aromatic rings. The van der Waals surface area contributed by atoms with E-state index in [0.29, 0.717) is 5.56 Å². The van der Waals surface area contributed by atoms with Crippen LogP contribution in [0, 0.1) is 0 Å². The van der Waals surface area contributed by atoms with E-state index in [-0.39, 0.29) is 16.3 Å². The molecule has 0 saturated carbocycles. The fourth-order valence-electron chi connectivity index (χ4n) is 2.81. The molecule has 3 rings (SSSR count). The van der Waals surface area contributed by atoms with Crippen LogP contribution < -0.4 is 4.90 Å². The molecule has 1 aliphatic heterocycles. The minimum atomic E-state index is -5.08. The first-order valence-electron chi connectivity index (χ1n) is 8.27. The van der Waals surface area contributed by atoms with E-state index >= 15 is 0 Å². The Labute approximate surface area is 168 Å². The van der Waals surface area contributed by atoms with Gasteiger partial charge in [0.05, 0.1) is 12.1 Å². The number of hydrogen-bond acceptors (Lipinski definition) is 4. The van der Waals surface area contributed by atoms with Gasteiger partial charge < -0.3 is 10.0 Å². The predicted molar refractivity (Wildman–Crippen MR) is 103 cm³/mol. The summed E-state index contributed by atoms with van der Waals surface area (Å²) in [5, 5.41) is 14.4. The summed E-state index contributed by atoms with van der Waals surface area (Å²) >= 11 is 3.25. The van der Waals surface area contributed by atoms with E-state index in [1.54, 1.807) is 55.4 Å². The Morgan fingerprint density at radius 2 is 1.71 bits per heavy atom. The first-order valence-corrected chi connectivity index (χ1v) is 9.07. The fourth-order valence-corrected chi connectivity index (χ4v) is 3.07. The molecule has 148 valence electrons. The lowest BCUT2D eigenvalue weighted by Gasteiger charge is -2.32. The van der Waals surface area contributed by atoms with Gasteiger partial charge in [0, 0.05) is 29.8 Å². The first-order chi connectivity index (χ1) is 13.0. The van der Waals surface area contributed by atoms with E-state index in [2.05, 4.69) is 21.0 Å². The van der Waals surface area contributed by atoms with Crippen molar-refractivity contribution in [2.45, 2.75) is 18.3 Å². The van der Waals surface area contributed by atoms with Crippen LogP contribution in [0.3, 0.4) is 0 Å². The number of alkyl halides is 3. The Kier molecular flexibility index (Phi) is 5.24. The first kappa shape index (κ1) is 20.3. The Morgan fingerprint density at radius 1 is 1.14 bits per heavy atom. The van der Waals surface area contributed by atoms with Gasteiger partial charge in [0.25, 0.3) is 11.6 Å². The van der Waals surface area contributed by atoms with Crippen molar-refractivity contribution in [1.82, 2.24) is 5.01 Å². The van der Waals surface area contributed by atoms with Crippen LogP contribution in [0.4, 0.5) is 18.9 Å². The van der Waals surface area contributed by atoms with Gasteiger partial charge in [-0.25, -0.2) is 0 Å². The number of hydrazone groups is 1. The molecule has 9 heteroatoms. The van der Waals surface area contributed by atoms with Gasteiger partial charge in [-0.3, -0.25) is 4.79 Å². The number of nitrogens with zero attached hydrogens (tertiary/aromatic N) is 3. The molecule has 0 unspecified atom stereocenters. The van der Waals surface area contributed by atoms with Crippen LogP contribution in [0.15, 0.2) is 58.1 Å². The number of rotatable bonds is 3. The number of halogens is 4. The van der Waals surface area contributed by atoms with Crippen molar-refractivity contribution >= 4 is 33.2 Å². The molecule has 5 nitrogen and oxygen atoms in total. The molecule has 1 heterocycles. The molecule has 1 atom stereocenters. The van der Waals surface area contributed by atoms with E-state index in [0.717, 1.165) is 10.2 Å². The molecule has 1 aliphatic rings. The maximum atomic E-state index is 13.7. The Bertz CT molecular complexity index is 912. The van der Waals surface area contributed by atoms with Crippen molar-refractivity contribution in [1.29, 1.82) is 0 Å². The van der Waals surface area contributed by atoms with Gasteiger partial charge in [-0.15, -0.1) is 0 Å². The van der Waals surface area contributed by atoms with Gasteiger partial charge in [-0.1, -0.05) is 28.1 Å². The normalized spacial score (nSPS) is 19.5. The van der Waals surface area contributed by atoms with Gasteiger partial charge in [0.1, 0.15) is 0 Å². The van der Waals surface area contributed by atoms with Crippen LogP contribution in [-0.2, 0) is 0 Å². The van der Waals surface area contributed by atoms with Crippen molar-refractivity contribution in [3.8, 4) is 0 Å². The standard InChI is InChI=1S/C19H17BrF3N3O2/c1-25(2)15-9-5-13(6-10-15)17(27)26-18(28,19(21,22)23)11-16(24-26)12-3-7-14(20)8-4-12/h3-10,28H,11H2,1-2H3/t18-/m0/s1. The van der Waals surface area contributed by atoms with Crippen molar-refractivity contribution in [3.63, 3.8) is 0 Å². The zero-order valence-corrected chi connectivity index (χ0v) is 16.6. The Morgan fingerprint density at radius 3 is 2.21 bits per heavy atom. The summed E-state index contributed by atoms with van der Waals surface area (Å²) in [5.74, 6) is -1.03. The van der Waals surface area contributed by atoms with E-state index < -0.39 is 24.2 Å². The highest BCUT2D eigenvalue weighted by Gasteiger charge is 2.63. The smallest absolute Gasteiger partial charge is 0.378 e. The lowest BCUT2D eigenvalue weighted by molar-refractivity contribution is -0.297. The summed E-state index contributed by atoms with van der Waals surface area (Å²) in [6.07, 6.45) is -5.92. The molecule has 0 spiro atoms. The second kappa shape index (κ2) is 7.21. The van der Waals surface area contributed by atoms with Crippen LogP contribution in [0.2, 0.25) is 0 Å². The Hall–Kier alpha value is -2.39. The minimum Gasteiger partial charge on any atom is -0.378 e. The molecule has 28 heavy (non-hydrogen) atoms. The van der Waals surface area contributed by atoms with Crippen LogP contribution in [-0.4, -0.2) is 47.7 Å². The highest BCUT2D eigenvalue weighted by atomic mass is 79.9. The number of anilines is 1. The number of benzene rings is 2. The number of carbonyl (C=O) groups is 1. The Balaban J connectivity index is 2.00. The molecule has 0 aliphatic carbocycles. The second-order valence-corrected chi connectivity index (χ2v) is 7.52. The summed E-state index contributed by atoms with van der Waals surface area (Å²) in [4.78, 5) is 14.6. The van der Waals surface area contributed by atoms with Crippen LogP contribution in [0.5, 0.6) is 0 Å². The molecular formula is C19H17BrF3N3O2. The average molecular weight is 456 g/mol. The highest BCUT2D eigenvalue weighted by molar-refractivity contribution is 9.10. The monoisotopic (exact) mass is 455 g/mol. The lowest BCUT2D eigenvalue weighted by Crippen LogP contribution is -2.56. The summed E-state index contributed by atoms with van der Waals surface area (Å²) in [6.45, 7) is 0. The molecule has 1 amide bonds. The van der Waals surface area contributed by atoms with E-state index in [9.17, 15) is 23.1 Å². The van der Waals surface area contributed by atoms with Crippen LogP contribution in [0.1, 0.15) is 22.3 Å². The van der Waals surface area contributed by atoms with Crippen molar-refractivity contribution in [3.05, 3.63) is 64.1 Å². The second-order valence-electron chi connectivity index (χ2n) is 6.60. The van der Waals surface area contributed by atoms with Gasteiger partial charge >= 0.3 is 6.18 Å². The molecule has 0 saturated heterocycles. The molecular weight excluding hydrogens is 439 g/mol. The minimum absolute atomic E-state index is 0.00548. The third-order valence-corrected chi connectivity index (χ3v) is 4.97. The molecule has 2 aromatic carbocycles.